The molecule has 0 aliphatic rings. The van der Waals surface area contributed by atoms with Crippen LogP contribution in [0.15, 0.2) is 46.2 Å². The van der Waals surface area contributed by atoms with Gasteiger partial charge in [0.1, 0.15) is 11.5 Å². The monoisotopic (exact) mass is 402 g/mol. The van der Waals surface area contributed by atoms with Gasteiger partial charge in [0, 0.05) is 0 Å². The Morgan fingerprint density at radius 2 is 1.12 bits per heavy atom. The Kier molecular flexibility index (Phi) is 5.37. The second kappa shape index (κ2) is 7.03. The summed E-state index contributed by atoms with van der Waals surface area (Å²) in [5, 5.41) is 0. The maximum atomic E-state index is 12.9. The van der Waals surface area contributed by atoms with Crippen LogP contribution in [0.25, 0.3) is 0 Å². The molecule has 2 aromatic rings. The summed E-state index contributed by atoms with van der Waals surface area (Å²) in [5.41, 5.74) is -0.512. The van der Waals surface area contributed by atoms with Crippen LogP contribution in [-0.2, 0) is 20.2 Å². The van der Waals surface area contributed by atoms with E-state index in [9.17, 15) is 21.6 Å². The van der Waals surface area contributed by atoms with Crippen molar-refractivity contribution < 1.29 is 40.2 Å². The molecule has 2 N–H and O–H groups in total. The fourth-order valence-electron chi connectivity index (χ4n) is 2.20. The summed E-state index contributed by atoms with van der Waals surface area (Å²) in [5.74, 6) is -0.863. The SMILES string of the molecule is COc1ccc(S(=O)(=O)O)cc1C(=O)c1cc(S(=O)(=O)O)ccc1OC. The normalized spacial score (nSPS) is 11.8. The van der Waals surface area contributed by atoms with Crippen molar-refractivity contribution in [2.45, 2.75) is 9.79 Å². The number of benzene rings is 2. The van der Waals surface area contributed by atoms with E-state index in [4.69, 9.17) is 18.6 Å². The topological polar surface area (TPSA) is 144 Å². The molecule has 0 heterocycles. The zero-order valence-electron chi connectivity index (χ0n) is 13.5. The standard InChI is InChI=1S/C15H14O9S2/c1-23-13-5-3-9(25(17,18)19)7-11(13)15(16)12-8-10(26(20,21)22)4-6-14(12)24-2/h3-8H,1-2H3,(H,17,18,19)(H,20,21,22). The molecule has 0 unspecified atom stereocenters. The van der Waals surface area contributed by atoms with E-state index in [1.54, 1.807) is 0 Å². The highest BCUT2D eigenvalue weighted by molar-refractivity contribution is 7.86. The van der Waals surface area contributed by atoms with Crippen LogP contribution in [0, 0.1) is 0 Å². The van der Waals surface area contributed by atoms with Gasteiger partial charge in [-0.15, -0.1) is 0 Å². The number of ether oxygens (including phenoxy) is 2. The molecular formula is C15H14O9S2. The van der Waals surface area contributed by atoms with Crippen LogP contribution in [0.4, 0.5) is 0 Å². The second-order valence-corrected chi connectivity index (χ2v) is 7.85. The van der Waals surface area contributed by atoms with Gasteiger partial charge in [0.2, 0.25) is 5.78 Å². The lowest BCUT2D eigenvalue weighted by molar-refractivity contribution is 0.103. The lowest BCUT2D eigenvalue weighted by Gasteiger charge is -2.12. The maximum Gasteiger partial charge on any atom is 0.294 e. The molecule has 0 saturated heterocycles. The van der Waals surface area contributed by atoms with E-state index in [1.165, 1.54) is 14.2 Å². The first-order valence-electron chi connectivity index (χ1n) is 6.85. The van der Waals surface area contributed by atoms with E-state index in [0.717, 1.165) is 36.4 Å². The van der Waals surface area contributed by atoms with Gasteiger partial charge in [-0.05, 0) is 36.4 Å². The highest BCUT2D eigenvalue weighted by Gasteiger charge is 2.23. The van der Waals surface area contributed by atoms with Crippen LogP contribution in [0.5, 0.6) is 11.5 Å². The van der Waals surface area contributed by atoms with Crippen LogP contribution in [-0.4, -0.2) is 45.9 Å². The summed E-state index contributed by atoms with van der Waals surface area (Å²) in [7, 11) is -6.69. The van der Waals surface area contributed by atoms with E-state index in [0.29, 0.717) is 0 Å². The van der Waals surface area contributed by atoms with E-state index in [1.807, 2.05) is 0 Å². The average Bonchev–Trinajstić information content (AvgIpc) is 2.58. The molecule has 0 radical (unpaired) electrons. The quantitative estimate of drug-likeness (QED) is 0.541. The minimum absolute atomic E-state index is 0.0123. The third kappa shape index (κ3) is 4.02. The first-order valence-corrected chi connectivity index (χ1v) is 9.73. The van der Waals surface area contributed by atoms with Gasteiger partial charge in [0.05, 0.1) is 35.1 Å². The predicted molar refractivity (Wildman–Crippen MR) is 89.0 cm³/mol. The van der Waals surface area contributed by atoms with Gasteiger partial charge in [-0.1, -0.05) is 0 Å². The summed E-state index contributed by atoms with van der Waals surface area (Å²) < 4.78 is 73.6. The molecule has 2 rings (SSSR count). The fraction of sp³-hybridized carbons (Fsp3) is 0.133. The molecule has 140 valence electrons. The summed E-state index contributed by atoms with van der Waals surface area (Å²) >= 11 is 0. The van der Waals surface area contributed by atoms with Crippen molar-refractivity contribution >= 4 is 26.0 Å². The number of hydrogen-bond donors (Lipinski definition) is 2. The van der Waals surface area contributed by atoms with Crippen LogP contribution >= 0.6 is 0 Å². The summed E-state index contributed by atoms with van der Waals surface area (Å²) in [6, 6.07) is 6.17. The lowest BCUT2D eigenvalue weighted by Crippen LogP contribution is -2.10. The van der Waals surface area contributed by atoms with Crippen LogP contribution < -0.4 is 9.47 Å². The van der Waals surface area contributed by atoms with Crippen molar-refractivity contribution in [2.75, 3.05) is 14.2 Å². The predicted octanol–water partition coefficient (Wildman–Crippen LogP) is 1.43. The molecule has 0 aliphatic heterocycles. The van der Waals surface area contributed by atoms with Gasteiger partial charge >= 0.3 is 0 Å². The first kappa shape index (κ1) is 19.8. The van der Waals surface area contributed by atoms with Gasteiger partial charge in [0.25, 0.3) is 20.2 Å². The molecule has 0 fully saturated rings. The summed E-state index contributed by atoms with van der Waals surface area (Å²) in [4.78, 5) is 11.8. The van der Waals surface area contributed by atoms with E-state index >= 15 is 0 Å². The van der Waals surface area contributed by atoms with Gasteiger partial charge < -0.3 is 9.47 Å². The molecule has 26 heavy (non-hydrogen) atoms. The number of carbonyl (C=O) groups excluding carboxylic acids is 1. The Labute approximate surface area is 149 Å². The zero-order valence-corrected chi connectivity index (χ0v) is 15.2. The lowest BCUT2D eigenvalue weighted by atomic mass is 10.0. The largest absolute Gasteiger partial charge is 0.496 e. The minimum Gasteiger partial charge on any atom is -0.496 e. The van der Waals surface area contributed by atoms with E-state index in [-0.39, 0.29) is 22.6 Å². The number of ketones is 1. The van der Waals surface area contributed by atoms with Crippen molar-refractivity contribution in [3.8, 4) is 11.5 Å². The van der Waals surface area contributed by atoms with Crippen molar-refractivity contribution in [3.63, 3.8) is 0 Å². The highest BCUT2D eigenvalue weighted by Crippen LogP contribution is 2.30. The van der Waals surface area contributed by atoms with Gasteiger partial charge in [0.15, 0.2) is 0 Å². The third-order valence-corrected chi connectivity index (χ3v) is 5.13. The number of rotatable bonds is 6. The molecule has 0 saturated carbocycles. The molecular weight excluding hydrogens is 388 g/mol. The Morgan fingerprint density at radius 1 is 0.769 bits per heavy atom. The van der Waals surface area contributed by atoms with Crippen molar-refractivity contribution in [2.24, 2.45) is 0 Å². The molecule has 0 amide bonds. The van der Waals surface area contributed by atoms with Gasteiger partial charge in [-0.25, -0.2) is 0 Å². The van der Waals surface area contributed by atoms with E-state index in [2.05, 4.69) is 0 Å². The fourth-order valence-corrected chi connectivity index (χ4v) is 3.21. The van der Waals surface area contributed by atoms with Crippen molar-refractivity contribution in [3.05, 3.63) is 47.5 Å². The summed E-state index contributed by atoms with van der Waals surface area (Å²) in [6.07, 6.45) is 0. The molecule has 2 aromatic carbocycles. The Hall–Kier alpha value is -2.47. The second-order valence-electron chi connectivity index (χ2n) is 5.00. The molecule has 0 bridgehead atoms. The van der Waals surface area contributed by atoms with Gasteiger partial charge in [-0.3, -0.25) is 13.9 Å². The number of hydrogen-bond acceptors (Lipinski definition) is 7. The molecule has 0 aromatic heterocycles. The van der Waals surface area contributed by atoms with Crippen molar-refractivity contribution in [1.82, 2.24) is 0 Å². The molecule has 0 aliphatic carbocycles. The number of methoxy groups -OCH3 is 2. The maximum absolute atomic E-state index is 12.9. The van der Waals surface area contributed by atoms with Crippen LogP contribution in [0.1, 0.15) is 15.9 Å². The van der Waals surface area contributed by atoms with E-state index < -0.39 is 35.8 Å². The average molecular weight is 402 g/mol. The highest BCUT2D eigenvalue weighted by atomic mass is 32.2. The molecule has 9 nitrogen and oxygen atoms in total. The Balaban J connectivity index is 2.73. The van der Waals surface area contributed by atoms with Gasteiger partial charge in [-0.2, -0.15) is 16.8 Å². The Bertz CT molecular complexity index is 985. The molecule has 11 heteroatoms. The smallest absolute Gasteiger partial charge is 0.294 e. The minimum atomic E-state index is -4.59. The Morgan fingerprint density at radius 3 is 1.38 bits per heavy atom. The van der Waals surface area contributed by atoms with Crippen molar-refractivity contribution in [1.29, 1.82) is 0 Å². The summed E-state index contributed by atoms with van der Waals surface area (Å²) in [6.45, 7) is 0. The van der Waals surface area contributed by atoms with Crippen LogP contribution in [0.2, 0.25) is 0 Å². The van der Waals surface area contributed by atoms with Crippen LogP contribution in [0.3, 0.4) is 0 Å². The molecule has 0 atom stereocenters. The third-order valence-electron chi connectivity index (χ3n) is 3.43. The zero-order chi connectivity index (χ0) is 19.7. The molecule has 0 spiro atoms. The first-order chi connectivity index (χ1) is 12.0. The number of carbonyl (C=O) groups is 1.